The van der Waals surface area contributed by atoms with Gasteiger partial charge in [-0.25, -0.2) is 0 Å². The first-order valence-corrected chi connectivity index (χ1v) is 12.8. The number of hydrogen-bond donors (Lipinski definition) is 0. The first kappa shape index (κ1) is 23.1. The zero-order valence-electron chi connectivity index (χ0n) is 21.2. The van der Waals surface area contributed by atoms with Gasteiger partial charge in [-0.2, -0.15) is 0 Å². The van der Waals surface area contributed by atoms with E-state index in [-0.39, 0.29) is 5.43 Å². The van der Waals surface area contributed by atoms with Crippen LogP contribution in [0, 0.1) is 12.8 Å². The largest absolute Gasteiger partial charge is 0.463 e. The number of hydrogen-bond acceptors (Lipinski definition) is 6. The number of piperidine rings is 1. The monoisotopic (exact) mass is 484 g/mol. The molecule has 186 valence electrons. The SMILES string of the molecule is Cc1cc(CN2CCCC(C)C2)cc2c(=O)c(-c3cccc(C4(c5nncn5C)CCO4)c3)coc12. The highest BCUT2D eigenvalue weighted by Crippen LogP contribution is 2.43. The molecular formula is C29H32N4O3. The minimum atomic E-state index is -0.645. The van der Waals surface area contributed by atoms with Crippen LogP contribution >= 0.6 is 0 Å². The quantitative estimate of drug-likeness (QED) is 0.405. The van der Waals surface area contributed by atoms with Gasteiger partial charge >= 0.3 is 0 Å². The Morgan fingerprint density at radius 2 is 2.08 bits per heavy atom. The lowest BCUT2D eigenvalue weighted by Gasteiger charge is -2.41. The molecule has 2 fully saturated rings. The fourth-order valence-electron chi connectivity index (χ4n) is 5.90. The molecule has 2 aromatic heterocycles. The Bertz CT molecular complexity index is 1480. The molecule has 2 aromatic carbocycles. The van der Waals surface area contributed by atoms with E-state index in [1.165, 1.54) is 12.8 Å². The zero-order chi connectivity index (χ0) is 24.9. The molecule has 0 spiro atoms. The molecule has 0 N–H and O–H groups in total. The predicted molar refractivity (Wildman–Crippen MR) is 139 cm³/mol. The molecule has 2 atom stereocenters. The van der Waals surface area contributed by atoms with Gasteiger partial charge in [0.2, 0.25) is 5.43 Å². The van der Waals surface area contributed by atoms with Crippen LogP contribution in [0.25, 0.3) is 22.1 Å². The van der Waals surface area contributed by atoms with Gasteiger partial charge in [-0.3, -0.25) is 9.69 Å². The van der Waals surface area contributed by atoms with Gasteiger partial charge in [0, 0.05) is 26.6 Å². The Balaban J connectivity index is 1.39. The van der Waals surface area contributed by atoms with Crippen molar-refractivity contribution in [2.24, 2.45) is 13.0 Å². The summed E-state index contributed by atoms with van der Waals surface area (Å²) in [6.45, 7) is 8.07. The molecular weight excluding hydrogens is 452 g/mol. The van der Waals surface area contributed by atoms with Crippen molar-refractivity contribution in [1.82, 2.24) is 19.7 Å². The summed E-state index contributed by atoms with van der Waals surface area (Å²) in [5.74, 6) is 1.48. The molecule has 0 bridgehead atoms. The van der Waals surface area contributed by atoms with Gasteiger partial charge in [-0.15, -0.1) is 10.2 Å². The molecule has 2 saturated heterocycles. The highest BCUT2D eigenvalue weighted by Gasteiger charge is 2.46. The first-order valence-electron chi connectivity index (χ1n) is 12.8. The molecule has 2 aliphatic heterocycles. The number of ether oxygens (including phenoxy) is 1. The highest BCUT2D eigenvalue weighted by atomic mass is 16.5. The molecule has 2 unspecified atom stereocenters. The van der Waals surface area contributed by atoms with E-state index >= 15 is 0 Å². The summed E-state index contributed by atoms with van der Waals surface area (Å²) in [5, 5.41) is 9.01. The molecule has 0 amide bonds. The second kappa shape index (κ2) is 8.98. The number of nitrogens with zero attached hydrogens (tertiary/aromatic N) is 4. The average Bonchev–Trinajstić information content (AvgIpc) is 3.25. The summed E-state index contributed by atoms with van der Waals surface area (Å²) in [4.78, 5) is 16.3. The summed E-state index contributed by atoms with van der Waals surface area (Å²) in [6, 6.07) is 12.2. The summed E-state index contributed by atoms with van der Waals surface area (Å²) in [7, 11) is 1.92. The van der Waals surface area contributed by atoms with Crippen molar-refractivity contribution in [3.05, 3.63) is 81.7 Å². The summed E-state index contributed by atoms with van der Waals surface area (Å²) < 4.78 is 14.1. The number of aromatic nitrogens is 3. The maximum atomic E-state index is 13.8. The molecule has 7 nitrogen and oxygen atoms in total. The molecule has 36 heavy (non-hydrogen) atoms. The van der Waals surface area contributed by atoms with E-state index in [1.54, 1.807) is 12.6 Å². The average molecular weight is 485 g/mol. The van der Waals surface area contributed by atoms with Crippen molar-refractivity contribution in [1.29, 1.82) is 0 Å². The van der Waals surface area contributed by atoms with Crippen LogP contribution < -0.4 is 5.43 Å². The third-order valence-corrected chi connectivity index (χ3v) is 7.78. The van der Waals surface area contributed by atoms with Gasteiger partial charge in [0.05, 0.1) is 17.6 Å². The Morgan fingerprint density at radius 1 is 1.22 bits per heavy atom. The van der Waals surface area contributed by atoms with E-state index in [9.17, 15) is 4.79 Å². The van der Waals surface area contributed by atoms with E-state index in [0.29, 0.717) is 29.1 Å². The Hall–Kier alpha value is -3.29. The van der Waals surface area contributed by atoms with Crippen LogP contribution in [0.3, 0.4) is 0 Å². The molecule has 0 aliphatic carbocycles. The molecule has 6 rings (SSSR count). The van der Waals surface area contributed by atoms with Crippen molar-refractivity contribution >= 4 is 11.0 Å². The van der Waals surface area contributed by atoms with Gasteiger partial charge in [-0.1, -0.05) is 31.2 Å². The first-order chi connectivity index (χ1) is 17.4. The molecule has 7 heteroatoms. The van der Waals surface area contributed by atoms with Crippen molar-refractivity contribution in [2.45, 2.75) is 45.3 Å². The maximum absolute atomic E-state index is 13.8. The predicted octanol–water partition coefficient (Wildman–Crippen LogP) is 4.79. The number of likely N-dealkylation sites (tertiary alicyclic amines) is 1. The van der Waals surface area contributed by atoms with Crippen molar-refractivity contribution in [2.75, 3.05) is 19.7 Å². The minimum Gasteiger partial charge on any atom is -0.463 e. The van der Waals surface area contributed by atoms with Gasteiger partial charge in [0.1, 0.15) is 18.2 Å². The van der Waals surface area contributed by atoms with Crippen LogP contribution in [0.4, 0.5) is 0 Å². The molecule has 4 heterocycles. The van der Waals surface area contributed by atoms with Crippen LogP contribution in [0.1, 0.15) is 48.7 Å². The van der Waals surface area contributed by atoms with Gasteiger partial charge in [-0.05, 0) is 66.6 Å². The van der Waals surface area contributed by atoms with Gasteiger partial charge in [0.15, 0.2) is 11.4 Å². The van der Waals surface area contributed by atoms with E-state index in [2.05, 4.69) is 28.1 Å². The Kier molecular flexibility index (Phi) is 5.77. The van der Waals surface area contributed by atoms with Crippen molar-refractivity contribution in [3.63, 3.8) is 0 Å². The fourth-order valence-corrected chi connectivity index (χ4v) is 5.90. The van der Waals surface area contributed by atoms with Gasteiger partial charge in [0.25, 0.3) is 0 Å². The smallest absolute Gasteiger partial charge is 0.200 e. The lowest BCUT2D eigenvalue weighted by atomic mass is 9.84. The van der Waals surface area contributed by atoms with E-state index in [0.717, 1.165) is 54.1 Å². The van der Waals surface area contributed by atoms with E-state index in [1.807, 2.05) is 48.9 Å². The van der Waals surface area contributed by atoms with Crippen LogP contribution in [0.15, 0.2) is 58.2 Å². The van der Waals surface area contributed by atoms with Crippen LogP contribution in [-0.4, -0.2) is 39.4 Å². The van der Waals surface area contributed by atoms with Crippen molar-refractivity contribution in [3.8, 4) is 11.1 Å². The lowest BCUT2D eigenvalue weighted by molar-refractivity contribution is -0.130. The lowest BCUT2D eigenvalue weighted by Crippen LogP contribution is -2.44. The van der Waals surface area contributed by atoms with Crippen LogP contribution in [0.5, 0.6) is 0 Å². The third-order valence-electron chi connectivity index (χ3n) is 7.78. The minimum absolute atomic E-state index is 0.00685. The molecule has 4 aromatic rings. The number of benzene rings is 2. The van der Waals surface area contributed by atoms with E-state index < -0.39 is 5.60 Å². The maximum Gasteiger partial charge on any atom is 0.200 e. The number of fused-ring (bicyclic) bond motifs is 1. The molecule has 2 aliphatic rings. The summed E-state index contributed by atoms with van der Waals surface area (Å²) >= 11 is 0. The van der Waals surface area contributed by atoms with E-state index in [4.69, 9.17) is 9.15 Å². The highest BCUT2D eigenvalue weighted by molar-refractivity contribution is 5.84. The third kappa shape index (κ3) is 3.87. The standard InChI is InChI=1S/C29H32N4O3/c1-19-6-5-10-33(15-19)16-21-12-20(2)27-24(13-21)26(34)25(17-35-27)22-7-4-8-23(14-22)29(9-11-36-29)28-31-30-18-32(28)3/h4,7-8,12-14,17-19H,5-6,9-11,15-16H2,1-3H3. The topological polar surface area (TPSA) is 73.4 Å². The fraction of sp³-hybridized carbons (Fsp3) is 0.414. The molecule has 0 radical (unpaired) electrons. The second-order valence-corrected chi connectivity index (χ2v) is 10.5. The van der Waals surface area contributed by atoms with Crippen LogP contribution in [0.2, 0.25) is 0 Å². The summed E-state index contributed by atoms with van der Waals surface area (Å²) in [6.07, 6.45) is 6.62. The zero-order valence-corrected chi connectivity index (χ0v) is 21.2. The Labute approximate surface area is 210 Å². The molecule has 0 saturated carbocycles. The Morgan fingerprint density at radius 3 is 2.81 bits per heavy atom. The summed E-state index contributed by atoms with van der Waals surface area (Å²) in [5.41, 5.74) is 4.50. The second-order valence-electron chi connectivity index (χ2n) is 10.5. The normalized spacial score (nSPS) is 22.6. The van der Waals surface area contributed by atoms with Crippen LogP contribution in [-0.2, 0) is 23.9 Å². The van der Waals surface area contributed by atoms with Crippen molar-refractivity contribution < 1.29 is 9.15 Å². The number of rotatable bonds is 5. The number of aryl methyl sites for hydroxylation is 2. The van der Waals surface area contributed by atoms with Gasteiger partial charge < -0.3 is 13.7 Å².